The van der Waals surface area contributed by atoms with Crippen LogP contribution in [0.5, 0.6) is 0 Å². The Kier molecular flexibility index (Phi) is 4.99. The molecule has 1 heterocycles. The first-order valence-electron chi connectivity index (χ1n) is 7.65. The molecule has 114 valence electrons. The molecular weight excluding hydrogens is 264 g/mol. The first-order chi connectivity index (χ1) is 10.1. The van der Waals surface area contributed by atoms with E-state index in [1.807, 2.05) is 42.2 Å². The van der Waals surface area contributed by atoms with Gasteiger partial charge in [-0.3, -0.25) is 9.59 Å². The summed E-state index contributed by atoms with van der Waals surface area (Å²) in [5.41, 5.74) is 0.649. The number of likely N-dealkylation sites (tertiary alicyclic amines) is 1. The van der Waals surface area contributed by atoms with Crippen molar-refractivity contribution < 1.29 is 9.59 Å². The second-order valence-electron chi connectivity index (χ2n) is 5.85. The zero-order valence-electron chi connectivity index (χ0n) is 12.9. The summed E-state index contributed by atoms with van der Waals surface area (Å²) in [5.74, 6) is 0.122. The summed E-state index contributed by atoms with van der Waals surface area (Å²) < 4.78 is 0. The third-order valence-electron chi connectivity index (χ3n) is 4.23. The van der Waals surface area contributed by atoms with Crippen molar-refractivity contribution in [1.29, 1.82) is 0 Å². The van der Waals surface area contributed by atoms with Crippen molar-refractivity contribution in [2.24, 2.45) is 5.41 Å². The number of nitrogens with zero attached hydrogens (tertiary/aromatic N) is 1. The second kappa shape index (κ2) is 6.74. The standard InChI is InChI=1S/C17H24N2O2/c1-3-18-16(21)17(12-15-8-5-4-6-9-15)10-7-11-19(13-17)14(2)20/h4-6,8-9H,3,7,10-13H2,1-2H3,(H,18,21)/t17-/m0/s1. The number of hydrogen-bond donors (Lipinski definition) is 1. The van der Waals surface area contributed by atoms with Crippen LogP contribution in [0.3, 0.4) is 0 Å². The van der Waals surface area contributed by atoms with Crippen molar-refractivity contribution in [2.75, 3.05) is 19.6 Å². The van der Waals surface area contributed by atoms with Gasteiger partial charge in [0.2, 0.25) is 11.8 Å². The normalized spacial score (nSPS) is 21.9. The van der Waals surface area contributed by atoms with E-state index in [1.54, 1.807) is 6.92 Å². The Morgan fingerprint density at radius 2 is 2.00 bits per heavy atom. The smallest absolute Gasteiger partial charge is 0.228 e. The Balaban J connectivity index is 2.26. The fraction of sp³-hybridized carbons (Fsp3) is 0.529. The van der Waals surface area contributed by atoms with Crippen molar-refractivity contribution in [3.05, 3.63) is 35.9 Å². The average Bonchev–Trinajstić information content (AvgIpc) is 2.48. The SMILES string of the molecule is CCNC(=O)[C@]1(Cc2ccccc2)CCCN(C(C)=O)C1. The lowest BCUT2D eigenvalue weighted by Gasteiger charge is -2.41. The molecular formula is C17H24N2O2. The molecule has 1 atom stereocenters. The lowest BCUT2D eigenvalue weighted by Crippen LogP contribution is -2.54. The van der Waals surface area contributed by atoms with Gasteiger partial charge in [0.25, 0.3) is 0 Å². The highest BCUT2D eigenvalue weighted by atomic mass is 16.2. The van der Waals surface area contributed by atoms with Gasteiger partial charge in [0.05, 0.1) is 5.41 Å². The summed E-state index contributed by atoms with van der Waals surface area (Å²) in [7, 11) is 0. The van der Waals surface area contributed by atoms with Gasteiger partial charge >= 0.3 is 0 Å². The Bertz CT molecular complexity index is 501. The Labute approximate surface area is 126 Å². The summed E-state index contributed by atoms with van der Waals surface area (Å²) >= 11 is 0. The first kappa shape index (κ1) is 15.5. The topological polar surface area (TPSA) is 49.4 Å². The van der Waals surface area contributed by atoms with Gasteiger partial charge in [0, 0.05) is 26.6 Å². The molecule has 1 fully saturated rings. The van der Waals surface area contributed by atoms with Gasteiger partial charge in [-0.15, -0.1) is 0 Å². The maximum Gasteiger partial charge on any atom is 0.228 e. The van der Waals surface area contributed by atoms with E-state index in [2.05, 4.69) is 5.32 Å². The molecule has 0 unspecified atom stereocenters. The minimum atomic E-state index is -0.499. The van der Waals surface area contributed by atoms with Crippen molar-refractivity contribution in [1.82, 2.24) is 10.2 Å². The van der Waals surface area contributed by atoms with E-state index in [1.165, 1.54) is 0 Å². The molecule has 0 spiro atoms. The van der Waals surface area contributed by atoms with Crippen LogP contribution in [0.1, 0.15) is 32.3 Å². The van der Waals surface area contributed by atoms with Crippen LogP contribution in [0.15, 0.2) is 30.3 Å². The summed E-state index contributed by atoms with van der Waals surface area (Å²) in [4.78, 5) is 26.2. The molecule has 21 heavy (non-hydrogen) atoms. The van der Waals surface area contributed by atoms with Crippen LogP contribution in [-0.2, 0) is 16.0 Å². The number of carbonyl (C=O) groups excluding carboxylic acids is 2. The molecule has 1 aliphatic heterocycles. The highest BCUT2D eigenvalue weighted by molar-refractivity contribution is 5.84. The van der Waals surface area contributed by atoms with Crippen molar-refractivity contribution >= 4 is 11.8 Å². The summed E-state index contributed by atoms with van der Waals surface area (Å²) in [6.45, 7) is 5.40. The Morgan fingerprint density at radius 1 is 1.29 bits per heavy atom. The molecule has 2 rings (SSSR count). The zero-order valence-corrected chi connectivity index (χ0v) is 12.9. The largest absolute Gasteiger partial charge is 0.356 e. The monoisotopic (exact) mass is 288 g/mol. The maximum atomic E-state index is 12.6. The van der Waals surface area contributed by atoms with Crippen LogP contribution >= 0.6 is 0 Å². The van der Waals surface area contributed by atoms with E-state index in [0.29, 0.717) is 19.5 Å². The quantitative estimate of drug-likeness (QED) is 0.921. The molecule has 1 saturated heterocycles. The molecule has 4 nitrogen and oxygen atoms in total. The lowest BCUT2D eigenvalue weighted by atomic mass is 9.74. The predicted molar refractivity (Wildman–Crippen MR) is 82.8 cm³/mol. The number of amides is 2. The van der Waals surface area contributed by atoms with Gasteiger partial charge in [0.15, 0.2) is 0 Å². The summed E-state index contributed by atoms with van der Waals surface area (Å²) in [5, 5.41) is 2.96. The van der Waals surface area contributed by atoms with Crippen LogP contribution in [-0.4, -0.2) is 36.3 Å². The van der Waals surface area contributed by atoms with Gasteiger partial charge in [-0.05, 0) is 31.7 Å². The van der Waals surface area contributed by atoms with Crippen molar-refractivity contribution in [3.8, 4) is 0 Å². The molecule has 2 amide bonds. The second-order valence-corrected chi connectivity index (χ2v) is 5.85. The summed E-state index contributed by atoms with van der Waals surface area (Å²) in [6, 6.07) is 10.1. The maximum absolute atomic E-state index is 12.6. The van der Waals surface area contributed by atoms with E-state index < -0.39 is 5.41 Å². The van der Waals surface area contributed by atoms with Crippen LogP contribution in [0, 0.1) is 5.41 Å². The fourth-order valence-electron chi connectivity index (χ4n) is 3.15. The number of piperidine rings is 1. The molecule has 1 aromatic carbocycles. The highest BCUT2D eigenvalue weighted by Gasteiger charge is 2.42. The molecule has 1 N–H and O–H groups in total. The lowest BCUT2D eigenvalue weighted by molar-refractivity contribution is -0.140. The number of rotatable bonds is 4. The van der Waals surface area contributed by atoms with E-state index in [0.717, 1.165) is 24.9 Å². The van der Waals surface area contributed by atoms with Gasteiger partial charge < -0.3 is 10.2 Å². The van der Waals surface area contributed by atoms with Gasteiger partial charge in [-0.25, -0.2) is 0 Å². The Morgan fingerprint density at radius 3 is 2.62 bits per heavy atom. The number of carbonyl (C=O) groups is 2. The van der Waals surface area contributed by atoms with Gasteiger partial charge in [0.1, 0.15) is 0 Å². The molecule has 4 heteroatoms. The molecule has 0 radical (unpaired) electrons. The van der Waals surface area contributed by atoms with Crippen LogP contribution < -0.4 is 5.32 Å². The van der Waals surface area contributed by atoms with E-state index in [-0.39, 0.29) is 11.8 Å². The van der Waals surface area contributed by atoms with Crippen LogP contribution in [0.2, 0.25) is 0 Å². The van der Waals surface area contributed by atoms with Crippen LogP contribution in [0.4, 0.5) is 0 Å². The number of nitrogens with one attached hydrogen (secondary N) is 1. The molecule has 0 saturated carbocycles. The van der Waals surface area contributed by atoms with Gasteiger partial charge in [-0.2, -0.15) is 0 Å². The third kappa shape index (κ3) is 3.63. The Hall–Kier alpha value is -1.84. The summed E-state index contributed by atoms with van der Waals surface area (Å²) in [6.07, 6.45) is 2.39. The number of benzene rings is 1. The van der Waals surface area contributed by atoms with Crippen molar-refractivity contribution in [3.63, 3.8) is 0 Å². The molecule has 0 aliphatic carbocycles. The average molecular weight is 288 g/mol. The minimum absolute atomic E-state index is 0.0523. The first-order valence-corrected chi connectivity index (χ1v) is 7.65. The third-order valence-corrected chi connectivity index (χ3v) is 4.23. The van der Waals surface area contributed by atoms with Crippen molar-refractivity contribution in [2.45, 2.75) is 33.1 Å². The molecule has 0 bridgehead atoms. The molecule has 1 aliphatic rings. The fourth-order valence-corrected chi connectivity index (χ4v) is 3.15. The minimum Gasteiger partial charge on any atom is -0.356 e. The van der Waals surface area contributed by atoms with E-state index >= 15 is 0 Å². The molecule has 0 aromatic heterocycles. The molecule has 1 aromatic rings. The van der Waals surface area contributed by atoms with Crippen LogP contribution in [0.25, 0.3) is 0 Å². The van der Waals surface area contributed by atoms with E-state index in [9.17, 15) is 9.59 Å². The van der Waals surface area contributed by atoms with E-state index in [4.69, 9.17) is 0 Å². The zero-order chi connectivity index (χ0) is 15.3. The number of hydrogen-bond acceptors (Lipinski definition) is 2. The predicted octanol–water partition coefficient (Wildman–Crippen LogP) is 1.99. The van der Waals surface area contributed by atoms with Gasteiger partial charge in [-0.1, -0.05) is 30.3 Å². The highest BCUT2D eigenvalue weighted by Crippen LogP contribution is 2.34.